The van der Waals surface area contributed by atoms with Gasteiger partial charge in [0.25, 0.3) is 5.56 Å². The van der Waals surface area contributed by atoms with Crippen molar-refractivity contribution in [3.05, 3.63) is 108 Å². The fourth-order valence-electron chi connectivity index (χ4n) is 5.39. The Labute approximate surface area is 255 Å². The summed E-state index contributed by atoms with van der Waals surface area (Å²) >= 11 is 1.35. The summed E-state index contributed by atoms with van der Waals surface area (Å²) in [7, 11) is 0. The minimum absolute atomic E-state index is 0.0361. The second-order valence-electron chi connectivity index (χ2n) is 10.7. The summed E-state index contributed by atoms with van der Waals surface area (Å²) in [6.07, 6.45) is -9.52. The number of rotatable bonds is 8. The number of aromatic nitrogens is 2. The molecule has 1 atom stereocenters. The second kappa shape index (κ2) is 12.5. The first-order valence-electron chi connectivity index (χ1n) is 13.7. The zero-order valence-electron chi connectivity index (χ0n) is 23.8. The van der Waals surface area contributed by atoms with Crippen LogP contribution in [0.3, 0.4) is 0 Å². The number of nitrogens with zero attached hydrogens (tertiary/aromatic N) is 4. The van der Waals surface area contributed by atoms with Crippen LogP contribution in [-0.2, 0) is 32.0 Å². The molecule has 0 aliphatic carbocycles. The van der Waals surface area contributed by atoms with E-state index in [9.17, 15) is 40.3 Å². The van der Waals surface area contributed by atoms with Gasteiger partial charge in [0.05, 0.1) is 25.2 Å². The number of anilines is 1. The molecule has 0 saturated carbocycles. The molecule has 4 aromatic rings. The fourth-order valence-corrected chi connectivity index (χ4v) is 6.12. The van der Waals surface area contributed by atoms with Gasteiger partial charge in [-0.1, -0.05) is 6.07 Å². The maximum atomic E-state index is 14.9. The molecule has 1 saturated heterocycles. The number of hydrogen-bond donors (Lipinski definition) is 1. The minimum Gasteiger partial charge on any atom is -0.455 e. The number of furan rings is 1. The Morgan fingerprint density at radius 2 is 1.64 bits per heavy atom. The summed E-state index contributed by atoms with van der Waals surface area (Å²) in [6, 6.07) is 5.53. The molecule has 1 aliphatic heterocycles. The van der Waals surface area contributed by atoms with Gasteiger partial charge in [0.2, 0.25) is 5.76 Å². The molecule has 5 rings (SSSR count). The van der Waals surface area contributed by atoms with E-state index >= 15 is 0 Å². The van der Waals surface area contributed by atoms with Crippen LogP contribution in [0.4, 0.5) is 36.4 Å². The van der Waals surface area contributed by atoms with Gasteiger partial charge in [-0.3, -0.25) is 18.8 Å². The van der Waals surface area contributed by atoms with Crippen LogP contribution in [0.2, 0.25) is 0 Å². The van der Waals surface area contributed by atoms with Gasteiger partial charge in [-0.2, -0.15) is 37.7 Å². The Bertz CT molecular complexity index is 1770. The Balaban J connectivity index is 1.50. The van der Waals surface area contributed by atoms with Crippen LogP contribution in [0.1, 0.15) is 39.9 Å². The maximum Gasteiger partial charge on any atom is 0.449 e. The zero-order chi connectivity index (χ0) is 32.7. The standard InChI is InChI=1S/C29H28F7N5O3S/c1-17-25(39-10-8-38(9-11-39)13-19-5-6-24(44-19)29(34,35)36)26(42)41(15-23(37)18-7-12-45-16-18)27(43)40(17)14-20-21(28(31,32)33)3-2-4-22(20)30/h2-7,12,16,23H,8-11,13-15,37H2,1H3/t23-/m1/s1. The van der Waals surface area contributed by atoms with Gasteiger partial charge < -0.3 is 15.1 Å². The van der Waals surface area contributed by atoms with E-state index in [0.717, 1.165) is 33.4 Å². The van der Waals surface area contributed by atoms with Crippen LogP contribution in [-0.4, -0.2) is 40.2 Å². The predicted molar refractivity (Wildman–Crippen MR) is 153 cm³/mol. The van der Waals surface area contributed by atoms with E-state index in [1.165, 1.54) is 24.3 Å². The second-order valence-corrected chi connectivity index (χ2v) is 11.5. The Kier molecular flexibility index (Phi) is 9.01. The van der Waals surface area contributed by atoms with Crippen molar-refractivity contribution in [2.45, 2.75) is 45.0 Å². The summed E-state index contributed by atoms with van der Waals surface area (Å²) in [4.78, 5) is 31.0. The largest absolute Gasteiger partial charge is 0.455 e. The first-order valence-corrected chi connectivity index (χ1v) is 14.7. The highest BCUT2D eigenvalue weighted by atomic mass is 32.1. The van der Waals surface area contributed by atoms with Crippen LogP contribution >= 0.6 is 11.3 Å². The van der Waals surface area contributed by atoms with E-state index in [-0.39, 0.29) is 43.3 Å². The lowest BCUT2D eigenvalue weighted by Gasteiger charge is -2.36. The van der Waals surface area contributed by atoms with E-state index in [1.54, 1.807) is 21.7 Å². The number of alkyl halides is 6. The van der Waals surface area contributed by atoms with Gasteiger partial charge >= 0.3 is 18.0 Å². The third-order valence-corrected chi connectivity index (χ3v) is 8.46. The lowest BCUT2D eigenvalue weighted by molar-refractivity contribution is -0.153. The smallest absolute Gasteiger partial charge is 0.449 e. The molecule has 45 heavy (non-hydrogen) atoms. The van der Waals surface area contributed by atoms with Gasteiger partial charge in [-0.05, 0) is 53.6 Å². The molecule has 8 nitrogen and oxygen atoms in total. The quantitative estimate of drug-likeness (QED) is 0.261. The van der Waals surface area contributed by atoms with E-state index in [0.29, 0.717) is 18.7 Å². The number of piperazine rings is 1. The van der Waals surface area contributed by atoms with E-state index < -0.39 is 58.9 Å². The summed E-state index contributed by atoms with van der Waals surface area (Å²) in [5.74, 6) is -2.17. The Morgan fingerprint density at radius 3 is 2.24 bits per heavy atom. The monoisotopic (exact) mass is 659 g/mol. The van der Waals surface area contributed by atoms with Gasteiger partial charge in [0.15, 0.2) is 0 Å². The Hall–Kier alpha value is -3.89. The highest BCUT2D eigenvalue weighted by molar-refractivity contribution is 7.07. The number of hydrogen-bond acceptors (Lipinski definition) is 7. The Morgan fingerprint density at radius 1 is 0.933 bits per heavy atom. The molecule has 1 fully saturated rings. The average Bonchev–Trinajstić information content (AvgIpc) is 3.67. The number of thiophene rings is 1. The van der Waals surface area contributed by atoms with Crippen molar-refractivity contribution >= 4 is 17.0 Å². The normalized spacial score (nSPS) is 15.5. The number of nitrogens with two attached hydrogens (primary N) is 1. The van der Waals surface area contributed by atoms with Gasteiger partial charge in [-0.15, -0.1) is 0 Å². The van der Waals surface area contributed by atoms with E-state index in [2.05, 4.69) is 0 Å². The molecule has 1 aliphatic rings. The highest BCUT2D eigenvalue weighted by Crippen LogP contribution is 2.34. The van der Waals surface area contributed by atoms with Crippen molar-refractivity contribution in [1.82, 2.24) is 14.0 Å². The van der Waals surface area contributed by atoms with Gasteiger partial charge in [-0.25, -0.2) is 9.18 Å². The zero-order valence-corrected chi connectivity index (χ0v) is 24.6. The third-order valence-electron chi connectivity index (χ3n) is 7.76. The molecule has 2 N–H and O–H groups in total. The SMILES string of the molecule is Cc1c(N2CCN(Cc3ccc(C(F)(F)F)o3)CC2)c(=O)n(C[C@@H](N)c2ccsc2)c(=O)n1Cc1c(F)cccc1C(F)(F)F. The lowest BCUT2D eigenvalue weighted by Crippen LogP contribution is -2.51. The third kappa shape index (κ3) is 6.87. The molecule has 0 amide bonds. The van der Waals surface area contributed by atoms with E-state index in [1.807, 2.05) is 4.90 Å². The van der Waals surface area contributed by atoms with Crippen LogP contribution in [0.5, 0.6) is 0 Å². The molecule has 242 valence electrons. The molecule has 3 aromatic heterocycles. The lowest BCUT2D eigenvalue weighted by atomic mass is 10.1. The van der Waals surface area contributed by atoms with E-state index in [4.69, 9.17) is 10.2 Å². The molecular formula is C29H28F7N5O3S. The van der Waals surface area contributed by atoms with Crippen molar-refractivity contribution < 1.29 is 35.2 Å². The average molecular weight is 660 g/mol. The highest BCUT2D eigenvalue weighted by Gasteiger charge is 2.36. The first-order chi connectivity index (χ1) is 21.1. The van der Waals surface area contributed by atoms with Crippen molar-refractivity contribution in [2.75, 3.05) is 31.1 Å². The summed E-state index contributed by atoms with van der Waals surface area (Å²) in [5, 5.41) is 3.51. The molecule has 0 bridgehead atoms. The van der Waals surface area contributed by atoms with Crippen molar-refractivity contribution in [2.24, 2.45) is 5.73 Å². The van der Waals surface area contributed by atoms with Crippen LogP contribution in [0.15, 0.2) is 61.2 Å². The van der Waals surface area contributed by atoms with Crippen molar-refractivity contribution in [3.63, 3.8) is 0 Å². The fraction of sp³-hybridized carbons (Fsp3) is 0.379. The predicted octanol–water partition coefficient (Wildman–Crippen LogP) is 5.22. The molecule has 1 aromatic carbocycles. The van der Waals surface area contributed by atoms with Gasteiger partial charge in [0.1, 0.15) is 17.3 Å². The first kappa shape index (κ1) is 32.5. The van der Waals surface area contributed by atoms with Crippen molar-refractivity contribution in [1.29, 1.82) is 0 Å². The van der Waals surface area contributed by atoms with Crippen LogP contribution in [0.25, 0.3) is 0 Å². The summed E-state index contributed by atoms with van der Waals surface area (Å²) in [6.45, 7) is 1.38. The molecule has 16 heteroatoms. The summed E-state index contributed by atoms with van der Waals surface area (Å²) < 4.78 is 102. The number of halogens is 7. The van der Waals surface area contributed by atoms with Crippen LogP contribution in [0, 0.1) is 12.7 Å². The van der Waals surface area contributed by atoms with Gasteiger partial charge in [0, 0.05) is 43.5 Å². The van der Waals surface area contributed by atoms with Crippen LogP contribution < -0.4 is 21.9 Å². The summed E-state index contributed by atoms with van der Waals surface area (Å²) in [5.41, 5.74) is 3.36. The molecule has 0 radical (unpaired) electrons. The molecule has 4 heterocycles. The molecular weight excluding hydrogens is 631 g/mol. The maximum absolute atomic E-state index is 14.9. The minimum atomic E-state index is -4.90. The molecule has 0 spiro atoms. The topological polar surface area (TPSA) is 89.6 Å². The number of benzene rings is 1. The van der Waals surface area contributed by atoms with Crippen molar-refractivity contribution in [3.8, 4) is 0 Å². The molecule has 0 unspecified atom stereocenters.